The summed E-state index contributed by atoms with van der Waals surface area (Å²) in [5.41, 5.74) is -2.03. The summed E-state index contributed by atoms with van der Waals surface area (Å²) in [6.07, 6.45) is 0.992. The van der Waals surface area contributed by atoms with Crippen molar-refractivity contribution < 1.29 is 24.9 Å². The van der Waals surface area contributed by atoms with E-state index in [9.17, 15) is 24.6 Å². The highest BCUT2D eigenvalue weighted by atomic mass is 16.5. The fraction of sp³-hybridized carbons (Fsp3) is 0.0526. The van der Waals surface area contributed by atoms with E-state index in [1.807, 2.05) is 0 Å². The van der Waals surface area contributed by atoms with E-state index in [0.29, 0.717) is 5.75 Å². The lowest BCUT2D eigenvalue weighted by Gasteiger charge is -2.10. The molecule has 1 aromatic heterocycles. The Morgan fingerprint density at radius 1 is 1.14 bits per heavy atom. The number of hydrogen-bond acceptors (Lipinski definition) is 7. The Labute approximate surface area is 162 Å². The minimum atomic E-state index is -1.35. The largest absolute Gasteiger partial charge is 0.507 e. The van der Waals surface area contributed by atoms with E-state index < -0.39 is 28.8 Å². The van der Waals surface area contributed by atoms with Gasteiger partial charge in [-0.2, -0.15) is 0 Å². The molecule has 3 rings (SSSR count). The van der Waals surface area contributed by atoms with Gasteiger partial charge in [-0.25, -0.2) is 14.2 Å². The van der Waals surface area contributed by atoms with Gasteiger partial charge in [0.1, 0.15) is 22.6 Å². The molecule has 10 heteroatoms. The summed E-state index contributed by atoms with van der Waals surface area (Å²) in [4.78, 5) is 41.4. The van der Waals surface area contributed by atoms with Crippen molar-refractivity contribution in [3.05, 3.63) is 74.4 Å². The van der Waals surface area contributed by atoms with Crippen LogP contribution in [0.25, 0.3) is 5.69 Å². The number of ether oxygens (including phenoxy) is 1. The molecule has 2 aromatic carbocycles. The fourth-order valence-electron chi connectivity index (χ4n) is 2.54. The van der Waals surface area contributed by atoms with Crippen molar-refractivity contribution in [2.45, 2.75) is 0 Å². The monoisotopic (exact) mass is 397 g/mol. The molecule has 4 N–H and O–H groups in total. The Bertz CT molecular complexity index is 1220. The van der Waals surface area contributed by atoms with Crippen LogP contribution in [-0.4, -0.2) is 44.2 Å². The second-order valence-electron chi connectivity index (χ2n) is 5.79. The number of aromatic hydroxyl groups is 2. The average molecular weight is 397 g/mol. The van der Waals surface area contributed by atoms with Crippen molar-refractivity contribution in [2.24, 2.45) is 4.99 Å². The second-order valence-corrected chi connectivity index (χ2v) is 5.79. The van der Waals surface area contributed by atoms with Crippen LogP contribution in [0.3, 0.4) is 0 Å². The number of carbonyl (C=O) groups is 1. The molecule has 0 aliphatic carbocycles. The molecule has 1 heterocycles. The molecule has 0 atom stereocenters. The van der Waals surface area contributed by atoms with Crippen LogP contribution in [0.15, 0.2) is 57.0 Å². The van der Waals surface area contributed by atoms with Gasteiger partial charge < -0.3 is 20.1 Å². The summed E-state index contributed by atoms with van der Waals surface area (Å²) in [7, 11) is 1.48. The molecular formula is C19H15N3O7. The minimum absolute atomic E-state index is 0.112. The molecule has 0 amide bonds. The van der Waals surface area contributed by atoms with E-state index in [4.69, 9.17) is 9.84 Å². The lowest BCUT2D eigenvalue weighted by molar-refractivity contribution is 0.0693. The number of nitrogens with zero attached hydrogens (tertiary/aromatic N) is 2. The Hall–Kier alpha value is -4.34. The number of methoxy groups -OCH3 is 1. The molecule has 148 valence electrons. The maximum absolute atomic E-state index is 12.2. The summed E-state index contributed by atoms with van der Waals surface area (Å²) in [6.45, 7) is 0. The quantitative estimate of drug-likeness (QED) is 0.474. The van der Waals surface area contributed by atoms with E-state index in [0.717, 1.165) is 22.9 Å². The SMILES string of the molecule is COc1ccc(-n2c(O)c(C=Nc3ccc(O)c(C(=O)O)c3)c(=O)[nH]c2=O)cc1. The van der Waals surface area contributed by atoms with Crippen LogP contribution in [0.5, 0.6) is 17.4 Å². The van der Waals surface area contributed by atoms with E-state index in [-0.39, 0.29) is 22.5 Å². The van der Waals surface area contributed by atoms with Gasteiger partial charge in [-0.1, -0.05) is 0 Å². The first-order valence-electron chi connectivity index (χ1n) is 8.15. The van der Waals surface area contributed by atoms with E-state index in [1.54, 1.807) is 12.1 Å². The third-order valence-corrected chi connectivity index (χ3v) is 4.00. The van der Waals surface area contributed by atoms with Crippen LogP contribution in [0.4, 0.5) is 5.69 Å². The number of phenols is 1. The first-order chi connectivity index (χ1) is 13.8. The fourth-order valence-corrected chi connectivity index (χ4v) is 2.54. The zero-order valence-corrected chi connectivity index (χ0v) is 15.0. The topological polar surface area (TPSA) is 154 Å². The maximum atomic E-state index is 12.2. The molecule has 3 aromatic rings. The number of carboxylic acids is 1. The molecular weight excluding hydrogens is 382 g/mol. The van der Waals surface area contributed by atoms with Gasteiger partial charge in [0.05, 0.1) is 18.5 Å². The van der Waals surface area contributed by atoms with Crippen molar-refractivity contribution >= 4 is 17.9 Å². The van der Waals surface area contributed by atoms with Gasteiger partial charge in [0.2, 0.25) is 5.88 Å². The Balaban J connectivity index is 2.07. The standard InChI is InChI=1S/C19H15N3O7/c1-29-12-5-3-11(4-6-12)22-17(25)14(16(24)21-19(22)28)9-20-10-2-7-15(23)13(8-10)18(26)27/h2-9,23,25H,1H3,(H,26,27)(H,21,24,28). The predicted octanol–water partition coefficient (Wildman–Crippen LogP) is 1.39. The van der Waals surface area contributed by atoms with Gasteiger partial charge in [0.15, 0.2) is 0 Å². The van der Waals surface area contributed by atoms with Crippen LogP contribution < -0.4 is 16.0 Å². The first kappa shape index (κ1) is 19.4. The van der Waals surface area contributed by atoms with Crippen LogP contribution in [-0.2, 0) is 0 Å². The molecule has 0 aliphatic heterocycles. The zero-order valence-electron chi connectivity index (χ0n) is 15.0. The van der Waals surface area contributed by atoms with Gasteiger partial charge in [0.25, 0.3) is 5.56 Å². The van der Waals surface area contributed by atoms with Crippen molar-refractivity contribution in [2.75, 3.05) is 7.11 Å². The Kier molecular flexibility index (Phi) is 5.17. The first-order valence-corrected chi connectivity index (χ1v) is 8.15. The van der Waals surface area contributed by atoms with Gasteiger partial charge in [-0.3, -0.25) is 14.8 Å². The normalized spacial score (nSPS) is 10.9. The Morgan fingerprint density at radius 3 is 2.45 bits per heavy atom. The summed E-state index contributed by atoms with van der Waals surface area (Å²) >= 11 is 0. The molecule has 0 aliphatic rings. The highest BCUT2D eigenvalue weighted by molar-refractivity contribution is 5.92. The number of hydrogen-bond donors (Lipinski definition) is 4. The number of aromatic carboxylic acids is 1. The number of H-pyrrole nitrogens is 1. The summed E-state index contributed by atoms with van der Waals surface area (Å²) in [5, 5.41) is 29.1. The lowest BCUT2D eigenvalue weighted by Crippen LogP contribution is -2.31. The number of rotatable bonds is 5. The number of aromatic nitrogens is 2. The second kappa shape index (κ2) is 7.72. The van der Waals surface area contributed by atoms with Crippen LogP contribution in [0.2, 0.25) is 0 Å². The lowest BCUT2D eigenvalue weighted by atomic mass is 10.2. The average Bonchev–Trinajstić information content (AvgIpc) is 2.69. The van der Waals surface area contributed by atoms with Crippen LogP contribution >= 0.6 is 0 Å². The zero-order chi connectivity index (χ0) is 21.1. The van der Waals surface area contributed by atoms with Crippen molar-refractivity contribution in [1.82, 2.24) is 9.55 Å². The van der Waals surface area contributed by atoms with Gasteiger partial charge in [-0.15, -0.1) is 0 Å². The van der Waals surface area contributed by atoms with E-state index in [1.165, 1.54) is 25.3 Å². The number of benzene rings is 2. The molecule has 0 bridgehead atoms. The molecule has 0 saturated heterocycles. The van der Waals surface area contributed by atoms with Gasteiger partial charge in [0, 0.05) is 6.21 Å². The summed E-state index contributed by atoms with van der Waals surface area (Å²) in [5.74, 6) is -1.91. The van der Waals surface area contributed by atoms with E-state index >= 15 is 0 Å². The molecule has 10 nitrogen and oxygen atoms in total. The van der Waals surface area contributed by atoms with Gasteiger partial charge >= 0.3 is 11.7 Å². The van der Waals surface area contributed by atoms with Crippen molar-refractivity contribution in [3.63, 3.8) is 0 Å². The summed E-state index contributed by atoms with van der Waals surface area (Å²) < 4.78 is 5.92. The number of nitrogens with one attached hydrogen (secondary N) is 1. The Morgan fingerprint density at radius 2 is 1.83 bits per heavy atom. The smallest absolute Gasteiger partial charge is 0.339 e. The third-order valence-electron chi connectivity index (χ3n) is 4.00. The molecule has 0 radical (unpaired) electrons. The molecule has 0 unspecified atom stereocenters. The number of aromatic amines is 1. The van der Waals surface area contributed by atoms with Crippen LogP contribution in [0.1, 0.15) is 15.9 Å². The highest BCUT2D eigenvalue weighted by Crippen LogP contribution is 2.24. The highest BCUT2D eigenvalue weighted by Gasteiger charge is 2.15. The van der Waals surface area contributed by atoms with Crippen LogP contribution in [0, 0.1) is 0 Å². The number of aliphatic imine (C=N–C) groups is 1. The molecule has 0 saturated carbocycles. The summed E-state index contributed by atoms with van der Waals surface area (Å²) in [6, 6.07) is 9.73. The molecule has 0 spiro atoms. The maximum Gasteiger partial charge on any atom is 0.339 e. The minimum Gasteiger partial charge on any atom is -0.507 e. The molecule has 0 fully saturated rings. The predicted molar refractivity (Wildman–Crippen MR) is 103 cm³/mol. The van der Waals surface area contributed by atoms with Gasteiger partial charge in [-0.05, 0) is 42.5 Å². The molecule has 29 heavy (non-hydrogen) atoms. The van der Waals surface area contributed by atoms with E-state index in [2.05, 4.69) is 9.98 Å². The number of carboxylic acid groups (broad SMARTS) is 1. The van der Waals surface area contributed by atoms with Crippen molar-refractivity contribution in [3.8, 4) is 23.1 Å². The van der Waals surface area contributed by atoms with Crippen molar-refractivity contribution in [1.29, 1.82) is 0 Å². The third kappa shape index (κ3) is 3.86.